The second kappa shape index (κ2) is 2.79. The van der Waals surface area contributed by atoms with Gasteiger partial charge in [-0.05, 0) is 12.1 Å². The van der Waals surface area contributed by atoms with Gasteiger partial charge in [0.2, 0.25) is 0 Å². The Morgan fingerprint density at radius 1 is 1.70 bits per heavy atom. The summed E-state index contributed by atoms with van der Waals surface area (Å²) in [5, 5.41) is 5.41. The number of rotatable bonds is 1. The van der Waals surface area contributed by atoms with Crippen molar-refractivity contribution in [2.24, 2.45) is 0 Å². The molecule has 0 saturated carbocycles. The maximum Gasteiger partial charge on any atom is 0.267 e. The van der Waals surface area contributed by atoms with Gasteiger partial charge in [0.25, 0.3) is 4.62 Å². The van der Waals surface area contributed by atoms with E-state index in [2.05, 4.69) is 20.9 Å². The molecule has 4 heteroatoms. The van der Waals surface area contributed by atoms with Crippen LogP contribution in [-0.4, -0.2) is 9.60 Å². The molecule has 4 N–H and O–H groups in total. The molecule has 52 valence electrons. The van der Waals surface area contributed by atoms with Crippen LogP contribution in [0.25, 0.3) is 0 Å². The van der Waals surface area contributed by atoms with Crippen molar-refractivity contribution in [3.05, 3.63) is 24.0 Å². The maximum absolute atomic E-state index is 5.53. The third kappa shape index (κ3) is 1.33. The van der Waals surface area contributed by atoms with Gasteiger partial charge in [-0.15, -0.1) is 0 Å². The van der Waals surface area contributed by atoms with E-state index in [1.165, 1.54) is 0 Å². The Balaban J connectivity index is 3.15. The van der Waals surface area contributed by atoms with Gasteiger partial charge in [-0.25, -0.2) is 10.4 Å². The monoisotopic (exact) mass is 200 g/mol. The smallest absolute Gasteiger partial charge is 0.267 e. The molecule has 1 aromatic heterocycles. The lowest BCUT2D eigenvalue weighted by molar-refractivity contribution is -0.107. The molecular weight excluding hydrogens is 194 g/mol. The first-order valence-corrected chi connectivity index (χ1v) is 3.50. The number of nitrogen functional groups attached to an aromatic ring is 1. The Kier molecular flexibility index (Phi) is 2.01. The number of nitrogens with two attached hydrogens (primary N) is 2. The Morgan fingerprint density at radius 3 is 2.80 bits per heavy atom. The molecule has 0 aliphatic heterocycles. The highest BCUT2D eigenvalue weighted by molar-refractivity contribution is 9.18. The van der Waals surface area contributed by atoms with E-state index in [1.54, 1.807) is 18.3 Å². The van der Waals surface area contributed by atoms with Crippen LogP contribution in [0.15, 0.2) is 18.3 Å². The number of aromatic nitrogens is 1. The molecule has 3 nitrogen and oxygen atoms in total. The van der Waals surface area contributed by atoms with Crippen molar-refractivity contribution < 1.29 is 5.41 Å². The Labute approximate surface area is 66.9 Å². The summed E-state index contributed by atoms with van der Waals surface area (Å²) in [5.41, 5.74) is 6.71. The minimum atomic E-state index is 0.464. The normalized spacial score (nSPS) is 9.30. The zero-order chi connectivity index (χ0) is 7.56. The summed E-state index contributed by atoms with van der Waals surface area (Å²) in [4.78, 5) is 3.94. The van der Waals surface area contributed by atoms with E-state index in [1.807, 2.05) is 0 Å². The number of nitrogens with zero attached hydrogens (tertiary/aromatic N) is 1. The zero-order valence-electron chi connectivity index (χ0n) is 5.21. The predicted octanol–water partition coefficient (Wildman–Crippen LogP) is -0.436. The minimum Gasteiger partial charge on any atom is -0.397 e. The van der Waals surface area contributed by atoms with Crippen molar-refractivity contribution in [3.63, 3.8) is 0 Å². The summed E-state index contributed by atoms with van der Waals surface area (Å²) in [6, 6.07) is 3.51. The van der Waals surface area contributed by atoms with Gasteiger partial charge in [0.1, 0.15) is 0 Å². The lowest BCUT2D eigenvalue weighted by atomic mass is 10.3. The van der Waals surface area contributed by atoms with Gasteiger partial charge in [0.05, 0.1) is 5.69 Å². The molecule has 0 aromatic carbocycles. The van der Waals surface area contributed by atoms with Crippen molar-refractivity contribution >= 4 is 26.2 Å². The van der Waals surface area contributed by atoms with E-state index >= 15 is 0 Å². The molecule has 0 amide bonds. The third-order valence-corrected chi connectivity index (χ3v) is 1.44. The van der Waals surface area contributed by atoms with Crippen LogP contribution < -0.4 is 11.1 Å². The van der Waals surface area contributed by atoms with Crippen LogP contribution in [0.4, 0.5) is 5.69 Å². The average molecular weight is 201 g/mol. The highest BCUT2D eigenvalue weighted by Crippen LogP contribution is 2.08. The van der Waals surface area contributed by atoms with Crippen molar-refractivity contribution in [1.82, 2.24) is 4.98 Å². The molecule has 0 saturated heterocycles. The van der Waals surface area contributed by atoms with Gasteiger partial charge >= 0.3 is 0 Å². The highest BCUT2D eigenvalue weighted by atomic mass is 79.9. The van der Waals surface area contributed by atoms with E-state index in [0.29, 0.717) is 16.0 Å². The maximum atomic E-state index is 5.53. The van der Waals surface area contributed by atoms with Crippen molar-refractivity contribution in [2.45, 2.75) is 0 Å². The number of pyridine rings is 1. The number of hydrogen-bond acceptors (Lipinski definition) is 2. The summed E-state index contributed by atoms with van der Waals surface area (Å²) in [7, 11) is 0. The molecule has 10 heavy (non-hydrogen) atoms. The Morgan fingerprint density at radius 2 is 2.40 bits per heavy atom. The van der Waals surface area contributed by atoms with Crippen LogP contribution >= 0.6 is 15.9 Å². The van der Waals surface area contributed by atoms with Crippen LogP contribution in [0.5, 0.6) is 0 Å². The fourth-order valence-electron chi connectivity index (χ4n) is 0.617. The van der Waals surface area contributed by atoms with Gasteiger partial charge in [-0.2, -0.15) is 0 Å². The van der Waals surface area contributed by atoms with Gasteiger partial charge in [0.15, 0.2) is 5.69 Å². The lowest BCUT2D eigenvalue weighted by Gasteiger charge is -1.94. The van der Waals surface area contributed by atoms with Gasteiger partial charge in [0, 0.05) is 22.1 Å². The van der Waals surface area contributed by atoms with Crippen LogP contribution in [0.3, 0.4) is 0 Å². The van der Waals surface area contributed by atoms with Crippen molar-refractivity contribution in [1.29, 1.82) is 0 Å². The molecule has 0 aliphatic rings. The van der Waals surface area contributed by atoms with Gasteiger partial charge < -0.3 is 5.73 Å². The summed E-state index contributed by atoms with van der Waals surface area (Å²) < 4.78 is 0.464. The third-order valence-electron chi connectivity index (χ3n) is 1.07. The molecule has 0 fully saturated rings. The molecule has 0 aliphatic carbocycles. The quantitative estimate of drug-likeness (QED) is 0.605. The van der Waals surface area contributed by atoms with Crippen LogP contribution in [0.1, 0.15) is 5.69 Å². The Hall–Kier alpha value is -0.900. The topological polar surface area (TPSA) is 64.5 Å². The molecule has 1 heterocycles. The SMILES string of the molecule is Nc1cccnc1C(=[NH2+])Br. The first-order valence-electron chi connectivity index (χ1n) is 2.70. The van der Waals surface area contributed by atoms with E-state index in [-0.39, 0.29) is 0 Å². The van der Waals surface area contributed by atoms with Crippen molar-refractivity contribution in [2.75, 3.05) is 5.73 Å². The zero-order valence-corrected chi connectivity index (χ0v) is 6.80. The van der Waals surface area contributed by atoms with E-state index < -0.39 is 0 Å². The fourth-order valence-corrected chi connectivity index (χ4v) is 0.949. The Bertz CT molecular complexity index is 259. The second-order valence-corrected chi connectivity index (χ2v) is 2.64. The van der Waals surface area contributed by atoms with Gasteiger partial charge in [-0.3, -0.25) is 0 Å². The molecule has 0 radical (unpaired) electrons. The molecule has 0 spiro atoms. The fraction of sp³-hybridized carbons (Fsp3) is 0. The second-order valence-electron chi connectivity index (χ2n) is 1.79. The lowest BCUT2D eigenvalue weighted by Crippen LogP contribution is -2.37. The number of halogens is 1. The van der Waals surface area contributed by atoms with Crippen LogP contribution in [0.2, 0.25) is 0 Å². The van der Waals surface area contributed by atoms with Crippen molar-refractivity contribution in [3.8, 4) is 0 Å². The van der Waals surface area contributed by atoms with Crippen LogP contribution in [0, 0.1) is 0 Å². The first kappa shape index (κ1) is 7.21. The largest absolute Gasteiger partial charge is 0.397 e. The first-order chi connectivity index (χ1) is 4.72. The summed E-state index contributed by atoms with van der Waals surface area (Å²) in [5.74, 6) is 0. The molecule has 0 bridgehead atoms. The molecule has 1 rings (SSSR count). The summed E-state index contributed by atoms with van der Waals surface area (Å²) >= 11 is 3.09. The average Bonchev–Trinajstić information content (AvgIpc) is 1.88. The highest BCUT2D eigenvalue weighted by Gasteiger charge is 2.06. The van der Waals surface area contributed by atoms with E-state index in [0.717, 1.165) is 0 Å². The standard InChI is InChI=1S/C6H6BrN3/c7-6(9)5-4(8)2-1-3-10-5/h1-3,9H,8H2/p+1. The molecule has 0 atom stereocenters. The number of hydrogen-bond donors (Lipinski definition) is 2. The number of anilines is 1. The minimum absolute atomic E-state index is 0.464. The molecule has 1 aromatic rings. The van der Waals surface area contributed by atoms with Gasteiger partial charge in [-0.1, -0.05) is 0 Å². The predicted molar refractivity (Wildman–Crippen MR) is 43.6 cm³/mol. The molecule has 0 unspecified atom stereocenters. The summed E-state index contributed by atoms with van der Waals surface area (Å²) in [6.45, 7) is 0. The van der Waals surface area contributed by atoms with E-state index in [9.17, 15) is 0 Å². The van der Waals surface area contributed by atoms with E-state index in [4.69, 9.17) is 11.1 Å². The molecular formula is C6H7BrN3+. The summed E-state index contributed by atoms with van der Waals surface area (Å²) in [6.07, 6.45) is 1.64. The van der Waals surface area contributed by atoms with Crippen LogP contribution in [-0.2, 0) is 0 Å².